The summed E-state index contributed by atoms with van der Waals surface area (Å²) in [6.45, 7) is 94.4. The zero-order valence-corrected chi connectivity index (χ0v) is 71.6. The maximum atomic E-state index is 4.42. The quantitative estimate of drug-likeness (QED) is 0.103. The molecule has 0 N–H and O–H groups in total. The average molecular weight is 1430 g/mol. The van der Waals surface area contributed by atoms with Gasteiger partial charge < -0.3 is 43.3 Å². The minimum atomic E-state index is -1.42. The number of hydrogen-bond acceptors (Lipinski definition) is 0. The third-order valence-electron chi connectivity index (χ3n) is 14.7. The Hall–Kier alpha value is 3.17. The van der Waals surface area contributed by atoms with Crippen molar-refractivity contribution in [2.24, 2.45) is 0 Å². The Morgan fingerprint density at radius 1 is 0.225 bits per heavy atom. The zero-order valence-electron chi connectivity index (χ0n) is 53.8. The van der Waals surface area contributed by atoms with Crippen molar-refractivity contribution in [3.8, 4) is 0 Å². The largest absolute Gasteiger partial charge is 4.00 e. The van der Waals surface area contributed by atoms with Gasteiger partial charge in [0.25, 0.3) is 0 Å². The van der Waals surface area contributed by atoms with Gasteiger partial charge in [-0.2, -0.15) is 0 Å². The summed E-state index contributed by atoms with van der Waals surface area (Å²) in [5, 5.41) is 7.63. The van der Waals surface area contributed by atoms with E-state index in [0.717, 1.165) is 31.0 Å². The number of rotatable bonds is 18. The van der Waals surface area contributed by atoms with Gasteiger partial charge in [0, 0.05) is 96.9 Å². The van der Waals surface area contributed by atoms with E-state index in [0.29, 0.717) is 0 Å². The summed E-state index contributed by atoms with van der Waals surface area (Å²) in [6, 6.07) is 11.0. The van der Waals surface area contributed by atoms with Crippen molar-refractivity contribution in [1.29, 1.82) is 0 Å². The second kappa shape index (κ2) is 26.0. The summed E-state index contributed by atoms with van der Waals surface area (Å²) in [7, 11) is -8.06. The molecule has 2 aromatic rings. The van der Waals surface area contributed by atoms with Crippen molar-refractivity contribution in [3.05, 3.63) is 57.6 Å². The first-order valence-electron chi connectivity index (χ1n) is 27.0. The molecule has 0 saturated heterocycles. The van der Waals surface area contributed by atoms with Crippen LogP contribution in [0.15, 0.2) is 24.3 Å². The Labute approximate surface area is 491 Å². The van der Waals surface area contributed by atoms with Gasteiger partial charge in [-0.3, -0.25) is 0 Å². The van der Waals surface area contributed by atoms with Gasteiger partial charge in [-0.1, -0.05) is 282 Å². The van der Waals surface area contributed by atoms with Gasteiger partial charge in [0.2, 0.25) is 0 Å². The molecule has 0 radical (unpaired) electrons. The molecule has 0 aliphatic heterocycles. The average Bonchev–Trinajstić information content (AvgIpc) is 2.93. The van der Waals surface area contributed by atoms with Crippen molar-refractivity contribution < 1.29 is 45.9 Å². The van der Waals surface area contributed by atoms with E-state index in [4.69, 9.17) is 0 Å². The van der Waals surface area contributed by atoms with Gasteiger partial charge in [0.05, 0.1) is 0 Å². The van der Waals surface area contributed by atoms with Crippen LogP contribution in [0.4, 0.5) is 0 Å². The van der Waals surface area contributed by atoms with Crippen LogP contribution in [0.1, 0.15) is 64.4 Å². The molecule has 0 bridgehead atoms. The fourth-order valence-electron chi connectivity index (χ4n) is 16.2. The van der Waals surface area contributed by atoms with E-state index in [1.165, 1.54) is 10.6 Å². The summed E-state index contributed by atoms with van der Waals surface area (Å²) < 4.78 is 0. The summed E-state index contributed by atoms with van der Waals surface area (Å²) in [5.74, 6) is 0. The fraction of sp³-hybridized carbons (Fsp3) is 0.778. The van der Waals surface area contributed by atoms with Crippen LogP contribution >= 0.6 is 18.5 Å². The van der Waals surface area contributed by atoms with Crippen molar-refractivity contribution >= 4 is 126 Å². The third kappa shape index (κ3) is 21.5. The summed E-state index contributed by atoms with van der Waals surface area (Å²) in [6.07, 6.45) is 0. The molecule has 0 fully saturated rings. The molecule has 418 valence electrons. The second-order valence-electron chi connectivity index (χ2n) is 35.1. The number of hydrogen-bond donors (Lipinski definition) is 0. The van der Waals surface area contributed by atoms with E-state index in [-0.39, 0.29) is 45.9 Å². The minimum absolute atomic E-state index is 0. The molecule has 0 atom stereocenters. The topological polar surface area (TPSA) is 0 Å². The molecule has 0 aromatic heterocycles. The van der Waals surface area contributed by atoms with E-state index >= 15 is 0 Å². The Morgan fingerprint density at radius 2 is 0.324 bits per heavy atom. The van der Waals surface area contributed by atoms with Gasteiger partial charge in [0.1, 0.15) is 0 Å². The maximum absolute atomic E-state index is 4.42. The second-order valence-corrected chi connectivity index (χ2v) is 103. The van der Waals surface area contributed by atoms with Crippen molar-refractivity contribution in [2.75, 3.05) is 0 Å². The Morgan fingerprint density at radius 3 is 0.408 bits per heavy atom. The van der Waals surface area contributed by atoms with E-state index < -0.39 is 96.9 Å². The smallest absolute Gasteiger partial charge is 1.00 e. The van der Waals surface area contributed by atoms with Crippen LogP contribution in [-0.4, -0.2) is 96.9 Å². The molecule has 71 heavy (non-hydrogen) atoms. The standard InChI is InChI=1S/2C27H60PSi6.2ClH.Pt/c2*1-29(2,3)25(30(4,5)6)21-19-22(26(31(7,8)9)32(10,11)12)24(28)23(20-21)27(33(13,14)15)34(16,17)18;;;/h2*19-20,25-28H,1-18H3;2*1H;/q2*-1;;;+4/p-2. The fourth-order valence-corrected chi connectivity index (χ4v) is 94.5. The van der Waals surface area contributed by atoms with Gasteiger partial charge in [-0.15, -0.1) is 0 Å². The van der Waals surface area contributed by atoms with Crippen LogP contribution in [0, 0.1) is 0 Å². The molecule has 2 rings (SSSR count). The molecular weight excluding hydrogens is 1310 g/mol. The Balaban J connectivity index is -0.00000125. The first-order chi connectivity index (χ1) is 29.2. The Bertz CT molecular complexity index is 1680. The SMILES string of the molecule is C[Si](C)(C)C(c1cc(C([Si](C)(C)C)[Si](C)(C)C)c([PH-])c(C([Si](C)(C)C)[Si](C)(C)C)c1)[Si](C)(C)C.C[Si](C)(C)C(c1cc(C([Si](C)(C)C)[Si](C)(C)C)c([PH-])c(C([Si](C)(C)C)[Si](C)(C)C)c1)[Si](C)(C)C.[Cl-].[Cl-].[Pt+4]. The van der Waals surface area contributed by atoms with Crippen LogP contribution in [0.25, 0.3) is 0 Å². The predicted octanol–water partition coefficient (Wildman–Crippen LogP) is 13.9. The molecule has 0 saturated carbocycles. The zero-order chi connectivity index (χ0) is 54.9. The van der Waals surface area contributed by atoms with Crippen LogP contribution in [0.2, 0.25) is 236 Å². The molecule has 0 heterocycles. The van der Waals surface area contributed by atoms with E-state index in [1.54, 1.807) is 33.4 Å². The maximum Gasteiger partial charge on any atom is 4.00 e. The summed E-state index contributed by atoms with van der Waals surface area (Å²) in [5.41, 5.74) is 10.2. The molecule has 0 amide bonds. The van der Waals surface area contributed by atoms with Crippen LogP contribution in [0.5, 0.6) is 0 Å². The monoisotopic (exact) mass is 1430 g/mol. The van der Waals surface area contributed by atoms with Gasteiger partial charge in [0.15, 0.2) is 0 Å². The third-order valence-corrected chi connectivity index (χ3v) is 71.7. The summed E-state index contributed by atoms with van der Waals surface area (Å²) >= 11 is 0. The molecule has 2 aromatic carbocycles. The Kier molecular flexibility index (Phi) is 28.7. The molecule has 0 aliphatic carbocycles. The molecule has 17 heteroatoms. The van der Waals surface area contributed by atoms with Gasteiger partial charge >= 0.3 is 21.1 Å². The minimum Gasteiger partial charge on any atom is -1.00 e. The molecule has 0 aliphatic rings. The summed E-state index contributed by atoms with van der Waals surface area (Å²) in [4.78, 5) is 0. The van der Waals surface area contributed by atoms with E-state index in [2.05, 4.69) is 278 Å². The van der Waals surface area contributed by atoms with Crippen LogP contribution < -0.4 is 35.4 Å². The first-order valence-corrected chi connectivity index (χ1v) is 70.9. The predicted molar refractivity (Wildman–Crippen MR) is 365 cm³/mol. The van der Waals surface area contributed by atoms with Crippen molar-refractivity contribution in [3.63, 3.8) is 0 Å². The van der Waals surface area contributed by atoms with E-state index in [9.17, 15) is 0 Å². The van der Waals surface area contributed by atoms with Gasteiger partial charge in [-0.05, 0) is 42.1 Å². The van der Waals surface area contributed by atoms with Gasteiger partial charge in [-0.25, -0.2) is 10.6 Å². The molecular formula is C54H120Cl2P2PtSi12. The van der Waals surface area contributed by atoms with Crippen molar-refractivity contribution in [2.45, 2.75) is 267 Å². The van der Waals surface area contributed by atoms with Crippen LogP contribution in [0.3, 0.4) is 0 Å². The molecule has 0 unspecified atom stereocenters. The molecule has 0 spiro atoms. The number of benzene rings is 2. The first kappa shape index (κ1) is 78.4. The van der Waals surface area contributed by atoms with E-state index in [1.807, 2.05) is 0 Å². The van der Waals surface area contributed by atoms with Crippen LogP contribution in [-0.2, 0) is 21.1 Å². The molecule has 0 nitrogen and oxygen atoms in total. The van der Waals surface area contributed by atoms with Crippen molar-refractivity contribution in [1.82, 2.24) is 0 Å². The number of halogens is 2. The normalized spacial score (nSPS) is 14.5.